The SMILES string of the molecule is Cc1nc2c(C(N)=O)cccn2c1-c1nc2c(c(NCc3ccccc3)n1)C(C)NCC2. The molecule has 1 aliphatic rings. The fraction of sp³-hybridized carbons (Fsp3) is 0.250. The molecule has 1 aromatic carbocycles. The van der Waals surface area contributed by atoms with E-state index in [-0.39, 0.29) is 6.04 Å². The number of aryl methyl sites for hydroxylation is 1. The summed E-state index contributed by atoms with van der Waals surface area (Å²) < 4.78 is 1.85. The number of pyridine rings is 1. The number of imidazole rings is 1. The van der Waals surface area contributed by atoms with Crippen LogP contribution in [0.1, 0.15) is 45.8 Å². The van der Waals surface area contributed by atoms with Crippen molar-refractivity contribution in [3.63, 3.8) is 0 Å². The molecule has 0 aliphatic carbocycles. The Morgan fingerprint density at radius 3 is 2.78 bits per heavy atom. The summed E-state index contributed by atoms with van der Waals surface area (Å²) in [7, 11) is 0. The van der Waals surface area contributed by atoms with Gasteiger partial charge in [0.05, 0.1) is 17.0 Å². The number of carbonyl (C=O) groups is 1. The van der Waals surface area contributed by atoms with E-state index in [0.29, 0.717) is 23.6 Å². The molecule has 0 fully saturated rings. The molecule has 8 heteroatoms. The molecule has 3 aromatic heterocycles. The quantitative estimate of drug-likeness (QED) is 0.452. The van der Waals surface area contributed by atoms with E-state index in [1.54, 1.807) is 12.1 Å². The van der Waals surface area contributed by atoms with Crippen LogP contribution in [0.2, 0.25) is 0 Å². The van der Waals surface area contributed by atoms with Gasteiger partial charge in [-0.3, -0.25) is 9.20 Å². The van der Waals surface area contributed by atoms with E-state index in [1.807, 2.05) is 35.7 Å². The zero-order chi connectivity index (χ0) is 22.2. The van der Waals surface area contributed by atoms with E-state index in [1.165, 1.54) is 5.56 Å². The van der Waals surface area contributed by atoms with Crippen LogP contribution in [0.3, 0.4) is 0 Å². The molecule has 162 valence electrons. The number of rotatable bonds is 5. The second-order valence-electron chi connectivity index (χ2n) is 8.05. The Hall–Kier alpha value is -3.78. The lowest BCUT2D eigenvalue weighted by atomic mass is 10.00. The first-order valence-corrected chi connectivity index (χ1v) is 10.7. The highest BCUT2D eigenvalue weighted by Gasteiger charge is 2.25. The number of nitrogens with two attached hydrogens (primary N) is 1. The first kappa shape index (κ1) is 20.1. The number of aromatic nitrogens is 4. The minimum Gasteiger partial charge on any atom is -0.366 e. The van der Waals surface area contributed by atoms with E-state index < -0.39 is 5.91 Å². The standard InChI is InChI=1S/C24H25N7O/c1-14-19-18(10-11-26-14)29-23(30-22(19)27-13-16-7-4-3-5-8-16)20-15(2)28-24-17(21(25)32)9-6-12-31(20)24/h3-9,12,14,26H,10-11,13H2,1-2H3,(H2,25,32)(H,27,29,30). The molecule has 4 aromatic rings. The molecular weight excluding hydrogens is 402 g/mol. The van der Waals surface area contributed by atoms with Crippen LogP contribution in [-0.2, 0) is 13.0 Å². The molecule has 1 unspecified atom stereocenters. The number of hydrogen-bond donors (Lipinski definition) is 3. The Balaban J connectivity index is 1.65. The van der Waals surface area contributed by atoms with Crippen LogP contribution in [0.25, 0.3) is 17.2 Å². The lowest BCUT2D eigenvalue weighted by Crippen LogP contribution is -2.30. The molecule has 32 heavy (non-hydrogen) atoms. The van der Waals surface area contributed by atoms with Crippen molar-refractivity contribution < 1.29 is 4.79 Å². The van der Waals surface area contributed by atoms with E-state index >= 15 is 0 Å². The van der Waals surface area contributed by atoms with E-state index in [4.69, 9.17) is 15.7 Å². The summed E-state index contributed by atoms with van der Waals surface area (Å²) in [6.45, 7) is 5.56. The van der Waals surface area contributed by atoms with Gasteiger partial charge in [0.15, 0.2) is 5.82 Å². The maximum absolute atomic E-state index is 11.9. The Morgan fingerprint density at radius 1 is 1.19 bits per heavy atom. The third-order valence-electron chi connectivity index (χ3n) is 5.87. The fourth-order valence-corrected chi connectivity index (χ4v) is 4.34. The molecule has 0 spiro atoms. The van der Waals surface area contributed by atoms with Crippen LogP contribution in [0.15, 0.2) is 48.7 Å². The van der Waals surface area contributed by atoms with Crippen molar-refractivity contribution in [2.75, 3.05) is 11.9 Å². The van der Waals surface area contributed by atoms with Crippen LogP contribution in [0.4, 0.5) is 5.82 Å². The summed E-state index contributed by atoms with van der Waals surface area (Å²) in [6, 6.07) is 13.9. The van der Waals surface area contributed by atoms with Gasteiger partial charge in [-0.2, -0.15) is 0 Å². The van der Waals surface area contributed by atoms with Gasteiger partial charge in [0.2, 0.25) is 0 Å². The van der Waals surface area contributed by atoms with Crippen molar-refractivity contribution in [2.45, 2.75) is 32.9 Å². The predicted molar refractivity (Wildman–Crippen MR) is 123 cm³/mol. The molecule has 4 N–H and O–H groups in total. The van der Waals surface area contributed by atoms with E-state index in [0.717, 1.165) is 41.4 Å². The summed E-state index contributed by atoms with van der Waals surface area (Å²) >= 11 is 0. The Labute approximate surface area is 185 Å². The molecule has 0 radical (unpaired) electrons. The molecule has 0 saturated heterocycles. The molecule has 0 bridgehead atoms. The number of nitrogens with zero attached hydrogens (tertiary/aromatic N) is 4. The second kappa shape index (κ2) is 8.05. The van der Waals surface area contributed by atoms with Gasteiger partial charge in [-0.15, -0.1) is 0 Å². The second-order valence-corrected chi connectivity index (χ2v) is 8.05. The van der Waals surface area contributed by atoms with Gasteiger partial charge in [0, 0.05) is 37.3 Å². The summed E-state index contributed by atoms with van der Waals surface area (Å²) in [5.41, 5.74) is 11.3. The van der Waals surface area contributed by atoms with Crippen molar-refractivity contribution in [1.29, 1.82) is 0 Å². The molecule has 8 nitrogen and oxygen atoms in total. The third kappa shape index (κ3) is 3.48. The zero-order valence-corrected chi connectivity index (χ0v) is 18.1. The van der Waals surface area contributed by atoms with Crippen molar-refractivity contribution in [3.05, 3.63) is 76.7 Å². The van der Waals surface area contributed by atoms with Gasteiger partial charge in [-0.05, 0) is 31.5 Å². The number of hydrogen-bond acceptors (Lipinski definition) is 6. The summed E-state index contributed by atoms with van der Waals surface area (Å²) in [6.07, 6.45) is 2.68. The van der Waals surface area contributed by atoms with Gasteiger partial charge in [-0.1, -0.05) is 30.3 Å². The first-order valence-electron chi connectivity index (χ1n) is 10.7. The van der Waals surface area contributed by atoms with Gasteiger partial charge >= 0.3 is 0 Å². The Kier molecular flexibility index (Phi) is 5.07. The van der Waals surface area contributed by atoms with Crippen molar-refractivity contribution >= 4 is 17.4 Å². The predicted octanol–water partition coefficient (Wildman–Crippen LogP) is 3.02. The maximum Gasteiger partial charge on any atom is 0.252 e. The molecule has 1 atom stereocenters. The van der Waals surface area contributed by atoms with Gasteiger partial charge in [-0.25, -0.2) is 15.0 Å². The normalized spacial score (nSPS) is 15.5. The van der Waals surface area contributed by atoms with Crippen LogP contribution in [0.5, 0.6) is 0 Å². The largest absolute Gasteiger partial charge is 0.366 e. The van der Waals surface area contributed by atoms with Crippen molar-refractivity contribution in [2.24, 2.45) is 5.73 Å². The molecule has 0 saturated carbocycles. The number of anilines is 1. The average Bonchev–Trinajstić information content (AvgIpc) is 3.13. The van der Waals surface area contributed by atoms with Gasteiger partial charge < -0.3 is 16.4 Å². The van der Waals surface area contributed by atoms with Gasteiger partial charge in [0.1, 0.15) is 17.2 Å². The third-order valence-corrected chi connectivity index (χ3v) is 5.87. The highest BCUT2D eigenvalue weighted by molar-refractivity contribution is 5.99. The molecule has 4 heterocycles. The highest BCUT2D eigenvalue weighted by atomic mass is 16.1. The van der Waals surface area contributed by atoms with Gasteiger partial charge in [0.25, 0.3) is 5.91 Å². The minimum absolute atomic E-state index is 0.149. The number of benzene rings is 1. The zero-order valence-electron chi connectivity index (χ0n) is 18.1. The lowest BCUT2D eigenvalue weighted by molar-refractivity contribution is 0.100. The summed E-state index contributed by atoms with van der Waals surface area (Å²) in [5, 5.41) is 7.03. The summed E-state index contributed by atoms with van der Waals surface area (Å²) in [5.74, 6) is 0.887. The molecular formula is C24H25N7O. The van der Waals surface area contributed by atoms with E-state index in [9.17, 15) is 4.79 Å². The molecule has 5 rings (SSSR count). The van der Waals surface area contributed by atoms with Crippen LogP contribution in [0, 0.1) is 6.92 Å². The van der Waals surface area contributed by atoms with Crippen molar-refractivity contribution in [3.8, 4) is 11.5 Å². The van der Waals surface area contributed by atoms with Crippen LogP contribution in [-0.4, -0.2) is 31.8 Å². The topological polar surface area (TPSA) is 110 Å². The van der Waals surface area contributed by atoms with Crippen LogP contribution >= 0.6 is 0 Å². The van der Waals surface area contributed by atoms with Crippen molar-refractivity contribution in [1.82, 2.24) is 24.7 Å². The highest BCUT2D eigenvalue weighted by Crippen LogP contribution is 2.32. The summed E-state index contributed by atoms with van der Waals surface area (Å²) in [4.78, 5) is 26.4. The first-order chi connectivity index (χ1) is 15.5. The maximum atomic E-state index is 11.9. The number of carbonyl (C=O) groups excluding carboxylic acids is 1. The number of amides is 1. The number of primary amides is 1. The monoisotopic (exact) mass is 427 g/mol. The smallest absolute Gasteiger partial charge is 0.252 e. The van der Waals surface area contributed by atoms with E-state index in [2.05, 4.69) is 34.7 Å². The minimum atomic E-state index is -0.511. The van der Waals surface area contributed by atoms with Crippen LogP contribution < -0.4 is 16.4 Å². The Bertz CT molecular complexity index is 1310. The average molecular weight is 428 g/mol. The Morgan fingerprint density at radius 2 is 2.00 bits per heavy atom. The number of nitrogens with one attached hydrogen (secondary N) is 2. The lowest BCUT2D eigenvalue weighted by Gasteiger charge is -2.26. The number of fused-ring (bicyclic) bond motifs is 2. The molecule has 1 amide bonds. The fourth-order valence-electron chi connectivity index (χ4n) is 4.34. The molecule has 1 aliphatic heterocycles.